The van der Waals surface area contributed by atoms with E-state index in [0.29, 0.717) is 49.8 Å². The van der Waals surface area contributed by atoms with Gasteiger partial charge in [-0.2, -0.15) is 4.31 Å². The third-order valence-electron chi connectivity index (χ3n) is 5.58. The number of nitrogens with zero attached hydrogens (tertiary/aromatic N) is 1. The van der Waals surface area contributed by atoms with Gasteiger partial charge in [-0.25, -0.2) is 8.42 Å². The van der Waals surface area contributed by atoms with Gasteiger partial charge in [0.1, 0.15) is 12.4 Å². The monoisotopic (exact) mass is 460 g/mol. The Morgan fingerprint density at radius 3 is 2.59 bits per heavy atom. The molecule has 4 rings (SSSR count). The third-order valence-corrected chi connectivity index (χ3v) is 7.58. The zero-order chi connectivity index (χ0) is 22.4. The molecule has 9 heteroatoms. The maximum atomic E-state index is 13.1. The molecule has 172 valence electrons. The van der Waals surface area contributed by atoms with Crippen molar-refractivity contribution in [3.63, 3.8) is 0 Å². The Balaban J connectivity index is 1.45. The molecule has 1 unspecified atom stereocenters. The third kappa shape index (κ3) is 5.29. The van der Waals surface area contributed by atoms with Crippen LogP contribution in [0.25, 0.3) is 0 Å². The van der Waals surface area contributed by atoms with E-state index in [4.69, 9.17) is 14.2 Å². The van der Waals surface area contributed by atoms with Crippen molar-refractivity contribution in [3.8, 4) is 5.75 Å². The van der Waals surface area contributed by atoms with Crippen LogP contribution in [0.2, 0.25) is 0 Å². The lowest BCUT2D eigenvalue weighted by Gasteiger charge is -2.27. The fourth-order valence-corrected chi connectivity index (χ4v) is 5.47. The van der Waals surface area contributed by atoms with Gasteiger partial charge in [-0.1, -0.05) is 30.3 Å². The summed E-state index contributed by atoms with van der Waals surface area (Å²) >= 11 is 0. The number of amides is 1. The minimum Gasteiger partial charge on any atom is -0.490 e. The lowest BCUT2D eigenvalue weighted by atomic mass is 10.1. The summed E-state index contributed by atoms with van der Waals surface area (Å²) in [6.45, 7) is 2.60. The van der Waals surface area contributed by atoms with Crippen molar-refractivity contribution >= 4 is 15.9 Å². The van der Waals surface area contributed by atoms with Gasteiger partial charge in [0.25, 0.3) is 5.91 Å². The maximum Gasteiger partial charge on any atom is 0.255 e. The van der Waals surface area contributed by atoms with Crippen LogP contribution in [0.5, 0.6) is 5.75 Å². The molecule has 2 aromatic rings. The second kappa shape index (κ2) is 10.4. The van der Waals surface area contributed by atoms with E-state index < -0.39 is 10.0 Å². The molecule has 32 heavy (non-hydrogen) atoms. The maximum absolute atomic E-state index is 13.1. The molecule has 2 aliphatic rings. The Morgan fingerprint density at radius 1 is 1.06 bits per heavy atom. The van der Waals surface area contributed by atoms with Gasteiger partial charge < -0.3 is 19.5 Å². The molecule has 0 saturated carbocycles. The number of sulfonamides is 1. The van der Waals surface area contributed by atoms with Crippen LogP contribution in [-0.2, 0) is 26.0 Å². The van der Waals surface area contributed by atoms with E-state index in [9.17, 15) is 13.2 Å². The topological polar surface area (TPSA) is 94.2 Å². The fourth-order valence-electron chi connectivity index (χ4n) is 3.84. The van der Waals surface area contributed by atoms with Crippen LogP contribution in [0.4, 0.5) is 0 Å². The van der Waals surface area contributed by atoms with E-state index in [1.165, 1.54) is 4.31 Å². The molecule has 8 nitrogen and oxygen atoms in total. The highest BCUT2D eigenvalue weighted by molar-refractivity contribution is 7.89. The number of hydrogen-bond donors (Lipinski definition) is 1. The van der Waals surface area contributed by atoms with Crippen molar-refractivity contribution in [1.29, 1.82) is 0 Å². The molecule has 1 atom stereocenters. The summed E-state index contributed by atoms with van der Waals surface area (Å²) in [6.07, 6.45) is 2.01. The summed E-state index contributed by atoms with van der Waals surface area (Å²) in [6, 6.07) is 13.8. The Kier molecular flexibility index (Phi) is 7.41. The van der Waals surface area contributed by atoms with Crippen LogP contribution >= 0.6 is 0 Å². The normalized spacial score (nSPS) is 19.6. The highest BCUT2D eigenvalue weighted by atomic mass is 32.2. The standard InChI is InChI=1S/C23H28N2O6S/c26-23(20-8-2-3-9-21(20)31-17-19-7-5-13-30-19)24-16-18-6-1-4-10-22(18)32(27,28)25-11-14-29-15-12-25/h1-4,6,8-10,19H,5,7,11-17H2,(H,24,26). The summed E-state index contributed by atoms with van der Waals surface area (Å²) in [4.78, 5) is 13.1. The van der Waals surface area contributed by atoms with E-state index >= 15 is 0 Å². The lowest BCUT2D eigenvalue weighted by molar-refractivity contribution is 0.0670. The smallest absolute Gasteiger partial charge is 0.255 e. The van der Waals surface area contributed by atoms with Crippen LogP contribution in [0, 0.1) is 0 Å². The first kappa shape index (κ1) is 22.7. The predicted molar refractivity (Wildman–Crippen MR) is 118 cm³/mol. The summed E-state index contributed by atoms with van der Waals surface area (Å²) in [5, 5.41) is 2.84. The number of rotatable bonds is 8. The molecule has 2 fully saturated rings. The Morgan fingerprint density at radius 2 is 1.81 bits per heavy atom. The number of para-hydroxylation sites is 1. The minimum atomic E-state index is -3.67. The van der Waals surface area contributed by atoms with Crippen LogP contribution in [0.3, 0.4) is 0 Å². The number of morpholine rings is 1. The van der Waals surface area contributed by atoms with E-state index in [-0.39, 0.29) is 23.5 Å². The highest BCUT2D eigenvalue weighted by Gasteiger charge is 2.28. The van der Waals surface area contributed by atoms with Crippen molar-refractivity contribution in [1.82, 2.24) is 9.62 Å². The average Bonchev–Trinajstić information content (AvgIpc) is 3.36. The van der Waals surface area contributed by atoms with Crippen molar-refractivity contribution in [2.24, 2.45) is 0 Å². The predicted octanol–water partition coefficient (Wildman–Crippen LogP) is 2.20. The molecule has 2 saturated heterocycles. The average molecular weight is 461 g/mol. The Hall–Kier alpha value is -2.46. The number of benzene rings is 2. The largest absolute Gasteiger partial charge is 0.490 e. The molecular formula is C23H28N2O6S. The second-order valence-corrected chi connectivity index (χ2v) is 9.66. The van der Waals surface area contributed by atoms with Gasteiger partial charge in [0.15, 0.2) is 0 Å². The molecule has 2 heterocycles. The molecule has 0 spiro atoms. The minimum absolute atomic E-state index is 0.0448. The molecule has 0 bridgehead atoms. The zero-order valence-electron chi connectivity index (χ0n) is 17.9. The molecule has 0 aliphatic carbocycles. The van der Waals surface area contributed by atoms with Crippen LogP contribution < -0.4 is 10.1 Å². The van der Waals surface area contributed by atoms with Crippen LogP contribution in [0.1, 0.15) is 28.8 Å². The summed E-state index contributed by atoms with van der Waals surface area (Å²) in [7, 11) is -3.67. The number of hydrogen-bond acceptors (Lipinski definition) is 6. The number of carbonyl (C=O) groups is 1. The molecule has 2 aromatic carbocycles. The van der Waals surface area contributed by atoms with Gasteiger partial charge >= 0.3 is 0 Å². The number of carbonyl (C=O) groups excluding carboxylic acids is 1. The quantitative estimate of drug-likeness (QED) is 0.649. The van der Waals surface area contributed by atoms with Crippen molar-refractivity contribution in [2.75, 3.05) is 39.5 Å². The zero-order valence-corrected chi connectivity index (χ0v) is 18.7. The van der Waals surface area contributed by atoms with Gasteiger partial charge in [-0.05, 0) is 36.6 Å². The lowest BCUT2D eigenvalue weighted by Crippen LogP contribution is -2.41. The summed E-state index contributed by atoms with van der Waals surface area (Å²) in [5.74, 6) is 0.154. The highest BCUT2D eigenvalue weighted by Crippen LogP contribution is 2.23. The molecular weight excluding hydrogens is 432 g/mol. The Bertz CT molecular complexity index is 1030. The van der Waals surface area contributed by atoms with Gasteiger partial charge in [0.2, 0.25) is 10.0 Å². The van der Waals surface area contributed by atoms with Crippen molar-refractivity contribution in [2.45, 2.75) is 30.4 Å². The van der Waals surface area contributed by atoms with Gasteiger partial charge in [0, 0.05) is 26.2 Å². The van der Waals surface area contributed by atoms with E-state index in [2.05, 4.69) is 5.32 Å². The van der Waals surface area contributed by atoms with E-state index in [1.807, 2.05) is 6.07 Å². The van der Waals surface area contributed by atoms with Crippen LogP contribution in [0.15, 0.2) is 53.4 Å². The molecule has 0 aromatic heterocycles. The first-order chi connectivity index (χ1) is 15.6. The van der Waals surface area contributed by atoms with Crippen molar-refractivity contribution < 1.29 is 27.4 Å². The molecule has 0 radical (unpaired) electrons. The van der Waals surface area contributed by atoms with E-state index in [0.717, 1.165) is 19.4 Å². The summed E-state index contributed by atoms with van der Waals surface area (Å²) < 4.78 is 44.4. The second-order valence-electron chi connectivity index (χ2n) is 7.75. The first-order valence-corrected chi connectivity index (χ1v) is 12.3. The molecule has 2 aliphatic heterocycles. The fraction of sp³-hybridized carbons (Fsp3) is 0.435. The number of nitrogens with one attached hydrogen (secondary N) is 1. The van der Waals surface area contributed by atoms with E-state index in [1.54, 1.807) is 42.5 Å². The van der Waals surface area contributed by atoms with Gasteiger partial charge in [0.05, 0.1) is 29.8 Å². The molecule has 1 amide bonds. The van der Waals surface area contributed by atoms with Crippen LogP contribution in [-0.4, -0.2) is 64.3 Å². The Labute approximate surface area is 188 Å². The van der Waals surface area contributed by atoms with Gasteiger partial charge in [-0.3, -0.25) is 4.79 Å². The number of ether oxygens (including phenoxy) is 3. The van der Waals surface area contributed by atoms with Crippen molar-refractivity contribution in [3.05, 3.63) is 59.7 Å². The summed E-state index contributed by atoms with van der Waals surface area (Å²) in [5.41, 5.74) is 0.934. The van der Waals surface area contributed by atoms with Gasteiger partial charge in [-0.15, -0.1) is 0 Å². The SMILES string of the molecule is O=C(NCc1ccccc1S(=O)(=O)N1CCOCC1)c1ccccc1OCC1CCCO1. The molecule has 1 N–H and O–H groups in total. The first-order valence-electron chi connectivity index (χ1n) is 10.8.